The van der Waals surface area contributed by atoms with Crippen molar-refractivity contribution >= 4 is 0 Å². The van der Waals surface area contributed by atoms with Gasteiger partial charge in [-0.1, -0.05) is 13.3 Å². The fourth-order valence-electron chi connectivity index (χ4n) is 3.17. The van der Waals surface area contributed by atoms with Crippen LogP contribution in [0.5, 0.6) is 0 Å². The van der Waals surface area contributed by atoms with Crippen LogP contribution in [-0.4, -0.2) is 30.1 Å². The summed E-state index contributed by atoms with van der Waals surface area (Å²) in [6, 6.07) is 1.25. The molecule has 2 N–H and O–H groups in total. The molecule has 1 saturated carbocycles. The summed E-state index contributed by atoms with van der Waals surface area (Å²) in [5.74, 6) is 1.71. The number of nitrogens with two attached hydrogens (primary N) is 1. The fourth-order valence-corrected chi connectivity index (χ4v) is 3.17. The Morgan fingerprint density at radius 1 is 1.36 bits per heavy atom. The van der Waals surface area contributed by atoms with Gasteiger partial charge in [0, 0.05) is 25.2 Å². The minimum absolute atomic E-state index is 0.489. The number of hydrogen-bond donors (Lipinski definition) is 1. The van der Waals surface area contributed by atoms with Crippen LogP contribution in [-0.2, 0) is 0 Å². The summed E-state index contributed by atoms with van der Waals surface area (Å²) in [6.07, 6.45) is 5.31. The molecule has 1 heterocycles. The van der Waals surface area contributed by atoms with Crippen molar-refractivity contribution in [1.29, 1.82) is 0 Å². The molecule has 1 aliphatic heterocycles. The van der Waals surface area contributed by atoms with Gasteiger partial charge in [0.05, 0.1) is 0 Å². The molecule has 0 aromatic rings. The van der Waals surface area contributed by atoms with E-state index in [2.05, 4.69) is 18.7 Å². The first kappa shape index (κ1) is 10.4. The SMILES string of the molecule is CCC(C)N1CC2CCCC(N)C2C1. The highest BCUT2D eigenvalue weighted by Crippen LogP contribution is 2.36. The van der Waals surface area contributed by atoms with Crippen LogP contribution in [0.15, 0.2) is 0 Å². The van der Waals surface area contributed by atoms with Crippen LogP contribution in [0, 0.1) is 11.8 Å². The Bertz CT molecular complexity index is 193. The normalized spacial score (nSPS) is 40.9. The average Bonchev–Trinajstić information content (AvgIpc) is 2.62. The van der Waals surface area contributed by atoms with Gasteiger partial charge in [-0.15, -0.1) is 0 Å². The minimum Gasteiger partial charge on any atom is -0.327 e. The fraction of sp³-hybridized carbons (Fsp3) is 1.00. The van der Waals surface area contributed by atoms with Gasteiger partial charge in [-0.25, -0.2) is 0 Å². The third kappa shape index (κ3) is 1.82. The van der Waals surface area contributed by atoms with E-state index in [0.29, 0.717) is 6.04 Å². The lowest BCUT2D eigenvalue weighted by Gasteiger charge is -2.30. The van der Waals surface area contributed by atoms with E-state index in [4.69, 9.17) is 5.73 Å². The largest absolute Gasteiger partial charge is 0.327 e. The van der Waals surface area contributed by atoms with Crippen molar-refractivity contribution < 1.29 is 0 Å². The standard InChI is InChI=1S/C12H24N2/c1-3-9(2)14-7-10-5-4-6-12(13)11(10)8-14/h9-12H,3-8,13H2,1-2H3. The molecule has 0 radical (unpaired) electrons. The molecule has 14 heavy (non-hydrogen) atoms. The van der Waals surface area contributed by atoms with Crippen molar-refractivity contribution in [2.75, 3.05) is 13.1 Å². The molecular formula is C12H24N2. The number of rotatable bonds is 2. The van der Waals surface area contributed by atoms with Crippen molar-refractivity contribution in [2.45, 2.75) is 51.6 Å². The minimum atomic E-state index is 0.489. The van der Waals surface area contributed by atoms with Crippen LogP contribution in [0.25, 0.3) is 0 Å². The first-order valence-corrected chi connectivity index (χ1v) is 6.22. The lowest BCUT2D eigenvalue weighted by Crippen LogP contribution is -2.38. The third-order valence-electron chi connectivity index (χ3n) is 4.40. The van der Waals surface area contributed by atoms with Crippen molar-refractivity contribution in [3.05, 3.63) is 0 Å². The molecule has 1 aliphatic carbocycles. The summed E-state index contributed by atoms with van der Waals surface area (Å²) < 4.78 is 0. The Balaban J connectivity index is 1.97. The second-order valence-corrected chi connectivity index (χ2v) is 5.23. The summed E-state index contributed by atoms with van der Waals surface area (Å²) >= 11 is 0. The second kappa shape index (κ2) is 4.19. The molecule has 2 aliphatic rings. The maximum Gasteiger partial charge on any atom is 0.00825 e. The molecule has 0 aromatic carbocycles. The van der Waals surface area contributed by atoms with Crippen LogP contribution < -0.4 is 5.73 Å². The van der Waals surface area contributed by atoms with Gasteiger partial charge in [0.25, 0.3) is 0 Å². The van der Waals surface area contributed by atoms with E-state index in [1.54, 1.807) is 0 Å². The zero-order valence-electron chi connectivity index (χ0n) is 9.58. The third-order valence-corrected chi connectivity index (χ3v) is 4.40. The molecule has 2 rings (SSSR count). The molecule has 82 valence electrons. The van der Waals surface area contributed by atoms with Crippen molar-refractivity contribution in [3.63, 3.8) is 0 Å². The summed E-state index contributed by atoms with van der Waals surface area (Å²) in [5.41, 5.74) is 6.20. The van der Waals surface area contributed by atoms with Gasteiger partial charge in [0.1, 0.15) is 0 Å². The Kier molecular flexibility index (Phi) is 3.13. The van der Waals surface area contributed by atoms with Crippen LogP contribution in [0.1, 0.15) is 39.5 Å². The molecule has 2 fully saturated rings. The maximum absolute atomic E-state index is 6.20. The maximum atomic E-state index is 6.20. The highest BCUT2D eigenvalue weighted by molar-refractivity contribution is 4.94. The van der Waals surface area contributed by atoms with Gasteiger partial charge in [-0.05, 0) is 38.0 Å². The van der Waals surface area contributed by atoms with E-state index in [0.717, 1.165) is 17.9 Å². The van der Waals surface area contributed by atoms with Crippen LogP contribution in [0.3, 0.4) is 0 Å². The van der Waals surface area contributed by atoms with Gasteiger partial charge < -0.3 is 10.6 Å². The topological polar surface area (TPSA) is 29.3 Å². The number of fused-ring (bicyclic) bond motifs is 1. The summed E-state index contributed by atoms with van der Waals surface area (Å²) in [5, 5.41) is 0. The Morgan fingerprint density at radius 3 is 2.79 bits per heavy atom. The van der Waals surface area contributed by atoms with E-state index < -0.39 is 0 Å². The predicted octanol–water partition coefficient (Wildman–Crippen LogP) is 1.84. The molecule has 2 nitrogen and oxygen atoms in total. The molecule has 4 unspecified atom stereocenters. The van der Waals surface area contributed by atoms with Crippen LogP contribution in [0.2, 0.25) is 0 Å². The highest BCUT2D eigenvalue weighted by atomic mass is 15.2. The monoisotopic (exact) mass is 196 g/mol. The van der Waals surface area contributed by atoms with E-state index in [1.807, 2.05) is 0 Å². The zero-order chi connectivity index (χ0) is 10.1. The van der Waals surface area contributed by atoms with Crippen LogP contribution in [0.4, 0.5) is 0 Å². The van der Waals surface area contributed by atoms with E-state index in [1.165, 1.54) is 38.8 Å². The number of hydrogen-bond acceptors (Lipinski definition) is 2. The van der Waals surface area contributed by atoms with Crippen molar-refractivity contribution in [2.24, 2.45) is 17.6 Å². The van der Waals surface area contributed by atoms with Crippen molar-refractivity contribution in [3.8, 4) is 0 Å². The first-order valence-electron chi connectivity index (χ1n) is 6.22. The Labute approximate surface area is 87.8 Å². The van der Waals surface area contributed by atoms with Gasteiger partial charge in [-0.3, -0.25) is 0 Å². The van der Waals surface area contributed by atoms with Gasteiger partial charge in [0.2, 0.25) is 0 Å². The zero-order valence-corrected chi connectivity index (χ0v) is 9.58. The molecule has 1 saturated heterocycles. The summed E-state index contributed by atoms with van der Waals surface area (Å²) in [4.78, 5) is 2.65. The lowest BCUT2D eigenvalue weighted by molar-refractivity contribution is 0.237. The Morgan fingerprint density at radius 2 is 2.14 bits per heavy atom. The highest BCUT2D eigenvalue weighted by Gasteiger charge is 2.39. The summed E-state index contributed by atoms with van der Waals surface area (Å²) in [7, 11) is 0. The average molecular weight is 196 g/mol. The van der Waals surface area contributed by atoms with Crippen molar-refractivity contribution in [1.82, 2.24) is 4.90 Å². The van der Waals surface area contributed by atoms with E-state index >= 15 is 0 Å². The van der Waals surface area contributed by atoms with Crippen LogP contribution >= 0.6 is 0 Å². The second-order valence-electron chi connectivity index (χ2n) is 5.23. The molecular weight excluding hydrogens is 172 g/mol. The smallest absolute Gasteiger partial charge is 0.00825 e. The number of likely N-dealkylation sites (tertiary alicyclic amines) is 1. The van der Waals surface area contributed by atoms with Gasteiger partial charge in [0.15, 0.2) is 0 Å². The molecule has 4 atom stereocenters. The molecule has 0 spiro atoms. The van der Waals surface area contributed by atoms with E-state index in [9.17, 15) is 0 Å². The summed E-state index contributed by atoms with van der Waals surface area (Å²) in [6.45, 7) is 7.21. The molecule has 0 amide bonds. The van der Waals surface area contributed by atoms with Gasteiger partial charge in [-0.2, -0.15) is 0 Å². The predicted molar refractivity (Wildman–Crippen MR) is 60.1 cm³/mol. The molecule has 2 heteroatoms. The molecule has 0 aromatic heterocycles. The Hall–Kier alpha value is -0.0800. The molecule has 0 bridgehead atoms. The van der Waals surface area contributed by atoms with E-state index in [-0.39, 0.29) is 0 Å². The first-order chi connectivity index (χ1) is 6.72. The lowest BCUT2D eigenvalue weighted by atomic mass is 9.78. The van der Waals surface area contributed by atoms with Gasteiger partial charge >= 0.3 is 0 Å². The number of nitrogens with zero attached hydrogens (tertiary/aromatic N) is 1. The quantitative estimate of drug-likeness (QED) is 0.730.